The molecule has 0 saturated heterocycles. The van der Waals surface area contributed by atoms with Gasteiger partial charge in [0.05, 0.1) is 12.0 Å². The third-order valence-electron chi connectivity index (χ3n) is 3.21. The van der Waals surface area contributed by atoms with Crippen molar-refractivity contribution in [2.75, 3.05) is 6.61 Å². The van der Waals surface area contributed by atoms with Crippen molar-refractivity contribution in [1.82, 2.24) is 15.0 Å². The van der Waals surface area contributed by atoms with Crippen LogP contribution in [-0.4, -0.2) is 21.6 Å². The van der Waals surface area contributed by atoms with Crippen molar-refractivity contribution in [3.63, 3.8) is 0 Å². The van der Waals surface area contributed by atoms with Crippen LogP contribution in [0.1, 0.15) is 18.4 Å². The molecule has 16 heavy (non-hydrogen) atoms. The second kappa shape index (κ2) is 3.41. The Morgan fingerprint density at radius 1 is 1.50 bits per heavy atom. The van der Waals surface area contributed by atoms with E-state index in [0.717, 1.165) is 29.4 Å². The Morgan fingerprint density at radius 3 is 3.00 bits per heavy atom. The number of halogens is 1. The molecule has 0 aromatic carbocycles. The lowest BCUT2D eigenvalue weighted by Gasteiger charge is -2.12. The van der Waals surface area contributed by atoms with Crippen LogP contribution < -0.4 is 5.90 Å². The molecule has 2 heterocycles. The maximum Gasteiger partial charge on any atom is 0.142 e. The SMILES string of the molecule is NOCC1(c2c[nH]c3ncnc(Cl)c23)CC1. The van der Waals surface area contributed by atoms with Gasteiger partial charge in [0.1, 0.15) is 17.1 Å². The van der Waals surface area contributed by atoms with E-state index >= 15 is 0 Å². The Morgan fingerprint density at radius 2 is 2.31 bits per heavy atom. The number of hydrogen-bond acceptors (Lipinski definition) is 4. The minimum atomic E-state index is 0.00134. The minimum Gasteiger partial charge on any atom is -0.346 e. The Kier molecular flexibility index (Phi) is 2.14. The van der Waals surface area contributed by atoms with Gasteiger partial charge in [-0.05, 0) is 18.4 Å². The zero-order valence-electron chi connectivity index (χ0n) is 8.53. The average Bonchev–Trinajstić information content (AvgIpc) is 2.91. The van der Waals surface area contributed by atoms with E-state index in [-0.39, 0.29) is 5.41 Å². The third-order valence-corrected chi connectivity index (χ3v) is 3.49. The van der Waals surface area contributed by atoms with E-state index in [1.165, 1.54) is 6.33 Å². The molecular weight excluding hydrogens is 228 g/mol. The molecular formula is C10H11ClN4O. The molecule has 0 aliphatic heterocycles. The fourth-order valence-corrected chi connectivity index (χ4v) is 2.38. The summed E-state index contributed by atoms with van der Waals surface area (Å²) < 4.78 is 0. The third kappa shape index (κ3) is 1.32. The van der Waals surface area contributed by atoms with Crippen LogP contribution >= 0.6 is 11.6 Å². The Balaban J connectivity index is 2.18. The molecule has 84 valence electrons. The highest BCUT2D eigenvalue weighted by Crippen LogP contribution is 2.50. The fraction of sp³-hybridized carbons (Fsp3) is 0.400. The molecule has 1 fully saturated rings. The monoisotopic (exact) mass is 238 g/mol. The van der Waals surface area contributed by atoms with E-state index in [0.29, 0.717) is 11.8 Å². The smallest absolute Gasteiger partial charge is 0.142 e. The average molecular weight is 239 g/mol. The Bertz CT molecular complexity index is 535. The van der Waals surface area contributed by atoms with E-state index in [1.54, 1.807) is 0 Å². The second-order valence-corrected chi connectivity index (χ2v) is 4.54. The van der Waals surface area contributed by atoms with Gasteiger partial charge in [-0.15, -0.1) is 0 Å². The first-order valence-corrected chi connectivity index (χ1v) is 5.44. The standard InChI is InChI=1S/C10H11ClN4O/c11-8-7-6(10(1-2-10)4-16-12)3-13-9(7)15-5-14-8/h3,5H,1-2,4,12H2,(H,13,14,15). The van der Waals surface area contributed by atoms with E-state index in [9.17, 15) is 0 Å². The molecule has 0 atom stereocenters. The summed E-state index contributed by atoms with van der Waals surface area (Å²) in [7, 11) is 0. The zero-order chi connectivity index (χ0) is 11.2. The van der Waals surface area contributed by atoms with Gasteiger partial charge in [-0.2, -0.15) is 0 Å². The summed E-state index contributed by atoms with van der Waals surface area (Å²) in [4.78, 5) is 16.0. The highest BCUT2D eigenvalue weighted by molar-refractivity contribution is 6.34. The van der Waals surface area contributed by atoms with Crippen LogP contribution in [-0.2, 0) is 10.3 Å². The summed E-state index contributed by atoms with van der Waals surface area (Å²) in [6.07, 6.45) is 5.49. The molecule has 3 N–H and O–H groups in total. The van der Waals surface area contributed by atoms with Gasteiger partial charge in [0, 0.05) is 11.6 Å². The first kappa shape index (κ1) is 10.0. The lowest BCUT2D eigenvalue weighted by atomic mass is 9.98. The van der Waals surface area contributed by atoms with Gasteiger partial charge < -0.3 is 9.82 Å². The van der Waals surface area contributed by atoms with Gasteiger partial charge in [0.15, 0.2) is 0 Å². The normalized spacial score (nSPS) is 17.9. The van der Waals surface area contributed by atoms with Crippen molar-refractivity contribution in [2.45, 2.75) is 18.3 Å². The summed E-state index contributed by atoms with van der Waals surface area (Å²) in [5.41, 5.74) is 1.87. The molecule has 0 spiro atoms. The number of aromatic amines is 1. The number of fused-ring (bicyclic) bond motifs is 1. The summed E-state index contributed by atoms with van der Waals surface area (Å²) in [5, 5.41) is 1.36. The summed E-state index contributed by atoms with van der Waals surface area (Å²) in [6.45, 7) is 0.505. The highest BCUT2D eigenvalue weighted by Gasteiger charge is 2.46. The van der Waals surface area contributed by atoms with Gasteiger partial charge >= 0.3 is 0 Å². The molecule has 6 heteroatoms. The van der Waals surface area contributed by atoms with Crippen LogP contribution in [0.2, 0.25) is 5.15 Å². The zero-order valence-corrected chi connectivity index (χ0v) is 9.29. The van der Waals surface area contributed by atoms with Gasteiger partial charge in [-0.1, -0.05) is 11.6 Å². The fourth-order valence-electron chi connectivity index (χ4n) is 2.15. The van der Waals surface area contributed by atoms with Crippen LogP contribution in [0.15, 0.2) is 12.5 Å². The summed E-state index contributed by atoms with van der Waals surface area (Å²) >= 11 is 6.09. The van der Waals surface area contributed by atoms with Crippen LogP contribution in [0.5, 0.6) is 0 Å². The molecule has 5 nitrogen and oxygen atoms in total. The molecule has 0 bridgehead atoms. The van der Waals surface area contributed by atoms with Gasteiger partial charge in [-0.25, -0.2) is 15.9 Å². The first-order valence-electron chi connectivity index (χ1n) is 5.06. The summed E-state index contributed by atoms with van der Waals surface area (Å²) in [5.74, 6) is 5.17. The molecule has 1 saturated carbocycles. The maximum atomic E-state index is 6.09. The van der Waals surface area contributed by atoms with E-state index in [4.69, 9.17) is 22.3 Å². The molecule has 2 aromatic heterocycles. The Hall–Kier alpha value is -1.17. The lowest BCUT2D eigenvalue weighted by molar-refractivity contribution is 0.116. The van der Waals surface area contributed by atoms with Gasteiger partial charge in [0.25, 0.3) is 0 Å². The number of nitrogens with two attached hydrogens (primary N) is 1. The minimum absolute atomic E-state index is 0.00134. The number of nitrogens with zero attached hydrogens (tertiary/aromatic N) is 2. The molecule has 0 amide bonds. The quantitative estimate of drug-likeness (QED) is 0.628. The molecule has 0 unspecified atom stereocenters. The number of nitrogens with one attached hydrogen (secondary N) is 1. The number of hydrogen-bond donors (Lipinski definition) is 2. The van der Waals surface area contributed by atoms with Gasteiger partial charge in [-0.3, -0.25) is 0 Å². The largest absolute Gasteiger partial charge is 0.346 e. The van der Waals surface area contributed by atoms with Crippen molar-refractivity contribution in [2.24, 2.45) is 5.90 Å². The molecule has 0 radical (unpaired) electrons. The second-order valence-electron chi connectivity index (χ2n) is 4.18. The van der Waals surface area contributed by atoms with Crippen LogP contribution in [0.25, 0.3) is 11.0 Å². The van der Waals surface area contributed by atoms with Crippen molar-refractivity contribution in [3.05, 3.63) is 23.2 Å². The van der Waals surface area contributed by atoms with E-state index < -0.39 is 0 Å². The number of H-pyrrole nitrogens is 1. The highest BCUT2D eigenvalue weighted by atomic mass is 35.5. The van der Waals surface area contributed by atoms with Gasteiger partial charge in [0.2, 0.25) is 0 Å². The Labute approximate surface area is 96.9 Å². The topological polar surface area (TPSA) is 76.8 Å². The van der Waals surface area contributed by atoms with Crippen molar-refractivity contribution < 1.29 is 4.84 Å². The first-order chi connectivity index (χ1) is 7.77. The van der Waals surface area contributed by atoms with Crippen LogP contribution in [0, 0.1) is 0 Å². The predicted molar refractivity (Wildman–Crippen MR) is 60.0 cm³/mol. The molecule has 3 rings (SSSR count). The number of aromatic nitrogens is 3. The van der Waals surface area contributed by atoms with Crippen molar-refractivity contribution in [1.29, 1.82) is 0 Å². The predicted octanol–water partition coefficient (Wildman–Crippen LogP) is 1.53. The number of rotatable bonds is 3. The molecule has 1 aliphatic rings. The van der Waals surface area contributed by atoms with Crippen LogP contribution in [0.4, 0.5) is 0 Å². The van der Waals surface area contributed by atoms with Crippen molar-refractivity contribution in [3.8, 4) is 0 Å². The van der Waals surface area contributed by atoms with E-state index in [1.807, 2.05) is 6.20 Å². The maximum absolute atomic E-state index is 6.09. The van der Waals surface area contributed by atoms with Crippen LogP contribution in [0.3, 0.4) is 0 Å². The molecule has 1 aliphatic carbocycles. The lowest BCUT2D eigenvalue weighted by Crippen LogP contribution is -2.17. The summed E-state index contributed by atoms with van der Waals surface area (Å²) in [6, 6.07) is 0. The van der Waals surface area contributed by atoms with E-state index in [2.05, 4.69) is 15.0 Å². The molecule has 2 aromatic rings. The van der Waals surface area contributed by atoms with Crippen molar-refractivity contribution >= 4 is 22.6 Å².